The Morgan fingerprint density at radius 3 is 2.50 bits per heavy atom. The molecule has 2 aliphatic heterocycles. The fourth-order valence-corrected chi connectivity index (χ4v) is 7.90. The van der Waals surface area contributed by atoms with Crippen LogP contribution in [-0.4, -0.2) is 97.9 Å². The van der Waals surface area contributed by atoms with Crippen LogP contribution in [0.3, 0.4) is 0 Å². The van der Waals surface area contributed by atoms with Crippen molar-refractivity contribution in [2.75, 3.05) is 31.3 Å². The first-order valence-corrected chi connectivity index (χ1v) is 21.0. The summed E-state index contributed by atoms with van der Waals surface area (Å²) in [4.78, 5) is 73.8. The van der Waals surface area contributed by atoms with Gasteiger partial charge in [-0.25, -0.2) is 23.0 Å². The molecule has 0 saturated carbocycles. The first-order valence-electron chi connectivity index (χ1n) is 18.9. The summed E-state index contributed by atoms with van der Waals surface area (Å²) in [5.41, 5.74) is 0.954. The predicted octanol–water partition coefficient (Wildman–Crippen LogP) is 4.34. The summed E-state index contributed by atoms with van der Waals surface area (Å²) in [6.45, 7) is 5.49. The van der Waals surface area contributed by atoms with Crippen molar-refractivity contribution in [2.45, 2.75) is 83.2 Å². The number of carboxylic acids is 1. The van der Waals surface area contributed by atoms with E-state index in [0.29, 0.717) is 36.3 Å². The number of carboxylic acid groups (broad SMARTS) is 1. The minimum absolute atomic E-state index is 0.0112. The van der Waals surface area contributed by atoms with E-state index in [2.05, 4.69) is 30.3 Å². The normalized spacial score (nSPS) is 17.4. The van der Waals surface area contributed by atoms with Gasteiger partial charge in [0.25, 0.3) is 5.91 Å². The molecular formula is C39H47F2N7O9S. The molecule has 16 nitrogen and oxygen atoms in total. The van der Waals surface area contributed by atoms with Gasteiger partial charge in [0.1, 0.15) is 41.1 Å². The number of carbonyl (C=O) groups excluding carboxylic acids is 4. The minimum Gasteiger partial charge on any atom is -0.494 e. The van der Waals surface area contributed by atoms with Crippen LogP contribution in [-0.2, 0) is 39.5 Å². The quantitative estimate of drug-likeness (QED) is 0.212. The number of anilines is 2. The molecule has 3 heterocycles. The molecule has 4 amide bonds. The fraction of sp³-hybridized carbons (Fsp3) is 0.462. The maximum absolute atomic E-state index is 15.0. The number of aliphatic carboxylic acids is 1. The number of fused-ring (bicyclic) bond motifs is 6. The number of amides is 4. The maximum Gasteiger partial charge on any atom is 0.305 e. The van der Waals surface area contributed by atoms with Crippen LogP contribution in [0.25, 0.3) is 11.3 Å². The highest BCUT2D eigenvalue weighted by atomic mass is 32.2. The van der Waals surface area contributed by atoms with Crippen LogP contribution in [0.4, 0.5) is 20.4 Å². The molecule has 1 saturated heterocycles. The molecule has 0 aliphatic carbocycles. The van der Waals surface area contributed by atoms with Gasteiger partial charge in [-0.15, -0.1) is 0 Å². The van der Waals surface area contributed by atoms with Crippen LogP contribution < -0.4 is 25.4 Å². The SMILES string of the molecule is CCC(=O)N[C@@H](CC(=O)O)C(=O)N1CCC[C@H]1C(=O)N[C@H](C(=O)N=[S@@](C)(=O)Cc1cc2cc(c1)OCCCCOc1cc(F)ccc1-c1nc(ncc1F)N2)C(C)C. The van der Waals surface area contributed by atoms with Gasteiger partial charge in [0, 0.05) is 42.6 Å². The summed E-state index contributed by atoms with van der Waals surface area (Å²) >= 11 is 0. The number of benzene rings is 2. The van der Waals surface area contributed by atoms with Gasteiger partial charge in [0.2, 0.25) is 23.7 Å². The van der Waals surface area contributed by atoms with Gasteiger partial charge in [-0.1, -0.05) is 20.8 Å². The number of ether oxygens (including phenoxy) is 2. The average molecular weight is 828 g/mol. The summed E-state index contributed by atoms with van der Waals surface area (Å²) in [6, 6.07) is 4.99. The van der Waals surface area contributed by atoms with Gasteiger partial charge in [0.05, 0.1) is 41.3 Å². The zero-order valence-electron chi connectivity index (χ0n) is 32.6. The molecule has 5 rings (SSSR count). The third-order valence-electron chi connectivity index (χ3n) is 9.35. The van der Waals surface area contributed by atoms with Crippen LogP contribution in [0.1, 0.15) is 64.9 Å². The molecular weight excluding hydrogens is 781 g/mol. The second kappa shape index (κ2) is 19.1. The zero-order valence-corrected chi connectivity index (χ0v) is 33.4. The van der Waals surface area contributed by atoms with E-state index in [9.17, 15) is 37.7 Å². The topological polar surface area (TPSA) is 219 Å². The van der Waals surface area contributed by atoms with Gasteiger partial charge in [-0.3, -0.25) is 24.0 Å². The largest absolute Gasteiger partial charge is 0.494 e. The molecule has 1 aromatic heterocycles. The standard InChI is InChI=1S/C39H47F2N7O9S/c1-5-32(49)44-29(19-33(50)51)38(54)48-12-8-9-30(48)36(52)45-34(22(2)3)37(53)47-58(4,55)21-23-15-25-18-26(16-23)56-13-6-7-14-57-31-17-24(40)10-11-27(31)35-28(41)20-42-39(43-25)46-35/h10-11,15-18,20,22,29-30,34H,5-9,12-14,19,21H2,1-4H3,(H,44,49)(H,45,52)(H,50,51)(H,42,43,46)/t29-,30-,34-,58-/m0/s1. The van der Waals surface area contributed by atoms with E-state index in [1.807, 2.05) is 0 Å². The Kier molecular flexibility index (Phi) is 14.3. The summed E-state index contributed by atoms with van der Waals surface area (Å²) in [7, 11) is -3.31. The molecule has 3 aromatic rings. The van der Waals surface area contributed by atoms with E-state index in [1.54, 1.807) is 39.0 Å². The lowest BCUT2D eigenvalue weighted by molar-refractivity contribution is -0.146. The molecule has 0 unspecified atom stereocenters. The van der Waals surface area contributed by atoms with Gasteiger partial charge < -0.3 is 35.4 Å². The molecule has 19 heteroatoms. The van der Waals surface area contributed by atoms with Crippen molar-refractivity contribution in [3.63, 3.8) is 0 Å². The highest BCUT2D eigenvalue weighted by molar-refractivity contribution is 7.92. The second-order valence-corrected chi connectivity index (χ2v) is 16.8. The van der Waals surface area contributed by atoms with Crippen molar-refractivity contribution >= 4 is 51.0 Å². The number of carbonyl (C=O) groups is 5. The van der Waals surface area contributed by atoms with Crippen molar-refractivity contribution in [3.05, 3.63) is 59.8 Å². The second-order valence-electron chi connectivity index (χ2n) is 14.5. The molecule has 4 atom stereocenters. The summed E-state index contributed by atoms with van der Waals surface area (Å²) in [5.74, 6) is -5.63. The maximum atomic E-state index is 15.0. The van der Waals surface area contributed by atoms with Crippen molar-refractivity contribution in [3.8, 4) is 22.8 Å². The molecule has 312 valence electrons. The van der Waals surface area contributed by atoms with Crippen LogP contribution in [0.2, 0.25) is 0 Å². The van der Waals surface area contributed by atoms with E-state index in [1.165, 1.54) is 23.3 Å². The number of rotatable bonds is 11. The van der Waals surface area contributed by atoms with Crippen molar-refractivity contribution in [1.29, 1.82) is 0 Å². The smallest absolute Gasteiger partial charge is 0.305 e. The lowest BCUT2D eigenvalue weighted by Crippen LogP contribution is -2.56. The van der Waals surface area contributed by atoms with Crippen LogP contribution in [0.5, 0.6) is 11.5 Å². The van der Waals surface area contributed by atoms with Crippen LogP contribution in [0.15, 0.2) is 47.0 Å². The Bertz CT molecular complexity index is 2180. The van der Waals surface area contributed by atoms with Gasteiger partial charge in [-0.05, 0) is 61.4 Å². The Morgan fingerprint density at radius 1 is 1.05 bits per heavy atom. The number of aromatic nitrogens is 2. The van der Waals surface area contributed by atoms with E-state index >= 15 is 4.39 Å². The first kappa shape index (κ1) is 43.4. The third-order valence-corrected chi connectivity index (χ3v) is 10.8. The first-order chi connectivity index (χ1) is 27.5. The van der Waals surface area contributed by atoms with E-state index in [0.717, 1.165) is 12.3 Å². The van der Waals surface area contributed by atoms with E-state index < -0.39 is 81.4 Å². The summed E-state index contributed by atoms with van der Waals surface area (Å²) in [6.07, 6.45) is 3.35. The summed E-state index contributed by atoms with van der Waals surface area (Å²) in [5, 5.41) is 17.4. The van der Waals surface area contributed by atoms with Crippen molar-refractivity contribution in [1.82, 2.24) is 25.5 Å². The van der Waals surface area contributed by atoms with Gasteiger partial charge in [0.15, 0.2) is 5.82 Å². The van der Waals surface area contributed by atoms with E-state index in [4.69, 9.17) is 9.47 Å². The molecule has 0 radical (unpaired) electrons. The number of likely N-dealkylation sites (tertiary alicyclic amines) is 1. The lowest BCUT2D eigenvalue weighted by atomic mass is 10.0. The van der Waals surface area contributed by atoms with Crippen molar-refractivity contribution < 1.29 is 51.5 Å². The molecule has 4 bridgehead atoms. The molecule has 2 aromatic carbocycles. The molecule has 58 heavy (non-hydrogen) atoms. The molecule has 4 N–H and O–H groups in total. The van der Waals surface area contributed by atoms with Gasteiger partial charge >= 0.3 is 5.97 Å². The Balaban J connectivity index is 1.36. The third kappa shape index (κ3) is 11.4. The van der Waals surface area contributed by atoms with E-state index in [-0.39, 0.29) is 61.3 Å². The fourth-order valence-electron chi connectivity index (χ4n) is 6.56. The molecule has 0 spiro atoms. The van der Waals surface area contributed by atoms with Gasteiger partial charge in [-0.2, -0.15) is 4.36 Å². The minimum atomic E-state index is -3.31. The zero-order chi connectivity index (χ0) is 42.1. The number of nitrogens with zero attached hydrogens (tertiary/aromatic N) is 4. The lowest BCUT2D eigenvalue weighted by Gasteiger charge is -2.29. The number of nitrogens with one attached hydrogen (secondary N) is 3. The Hall–Kier alpha value is -5.72. The summed E-state index contributed by atoms with van der Waals surface area (Å²) < 4.78 is 59.0. The van der Waals surface area contributed by atoms with Crippen LogP contribution in [0, 0.1) is 17.6 Å². The van der Waals surface area contributed by atoms with Crippen LogP contribution >= 0.6 is 0 Å². The molecule has 1 fully saturated rings. The highest BCUT2D eigenvalue weighted by Crippen LogP contribution is 2.33. The Morgan fingerprint density at radius 2 is 1.79 bits per heavy atom. The predicted molar refractivity (Wildman–Crippen MR) is 209 cm³/mol. The average Bonchev–Trinajstić information content (AvgIpc) is 3.64. The van der Waals surface area contributed by atoms with Crippen molar-refractivity contribution in [2.24, 2.45) is 10.3 Å². The highest BCUT2D eigenvalue weighted by Gasteiger charge is 2.40. The number of hydrogen-bond acceptors (Lipinski definition) is 11. The number of hydrogen-bond donors (Lipinski definition) is 4. The molecule has 2 aliphatic rings. The number of halogens is 2. The Labute approximate surface area is 334 Å². The monoisotopic (exact) mass is 827 g/mol.